The van der Waals surface area contributed by atoms with Gasteiger partial charge in [0, 0.05) is 24.7 Å². The molecule has 4 aliphatic heterocycles. The third kappa shape index (κ3) is 4.50. The van der Waals surface area contributed by atoms with Crippen LogP contribution in [0.25, 0.3) is 0 Å². The number of hydrogen-bond acceptors (Lipinski definition) is 7. The summed E-state index contributed by atoms with van der Waals surface area (Å²) in [6.07, 6.45) is 2.30. The van der Waals surface area contributed by atoms with Crippen LogP contribution < -0.4 is 5.32 Å². The molecule has 1 aliphatic carbocycles. The van der Waals surface area contributed by atoms with Gasteiger partial charge in [-0.3, -0.25) is 9.59 Å². The van der Waals surface area contributed by atoms with Gasteiger partial charge in [0.05, 0.1) is 12.5 Å². The van der Waals surface area contributed by atoms with E-state index in [1.807, 2.05) is 51.1 Å². The molecule has 1 saturated carbocycles. The lowest BCUT2D eigenvalue weighted by molar-refractivity contribution is -0.576. The van der Waals surface area contributed by atoms with Gasteiger partial charge in [0.2, 0.25) is 18.0 Å². The summed E-state index contributed by atoms with van der Waals surface area (Å²) < 4.78 is 18.4. The fraction of sp³-hybridized carbons (Fsp3) is 0.704. The summed E-state index contributed by atoms with van der Waals surface area (Å²) >= 11 is 0. The normalized spacial score (nSPS) is 40.8. The number of carbonyl (C=O) groups is 2. The van der Waals surface area contributed by atoms with Crippen LogP contribution in [0.15, 0.2) is 30.3 Å². The number of amides is 1. The maximum absolute atomic E-state index is 12.7. The molecule has 4 heterocycles. The second-order valence-corrected chi connectivity index (χ2v) is 11.0. The van der Waals surface area contributed by atoms with E-state index in [0.717, 1.165) is 31.2 Å². The Morgan fingerprint density at radius 3 is 2.63 bits per heavy atom. The Balaban J connectivity index is 1.21. The van der Waals surface area contributed by atoms with Crippen molar-refractivity contribution in [3.63, 3.8) is 0 Å². The predicted molar refractivity (Wildman–Crippen MR) is 125 cm³/mol. The van der Waals surface area contributed by atoms with Crippen molar-refractivity contribution >= 4 is 11.9 Å². The summed E-state index contributed by atoms with van der Waals surface area (Å²) in [5, 5.41) is 2.93. The maximum Gasteiger partial charge on any atom is 0.308 e. The molecular formula is C27H37NO7. The lowest BCUT2D eigenvalue weighted by atomic mass is 9.58. The van der Waals surface area contributed by atoms with E-state index in [4.69, 9.17) is 24.0 Å². The van der Waals surface area contributed by atoms with Crippen LogP contribution in [0.4, 0.5) is 0 Å². The Morgan fingerprint density at radius 2 is 1.86 bits per heavy atom. The van der Waals surface area contributed by atoms with Crippen molar-refractivity contribution in [2.45, 2.75) is 96.2 Å². The van der Waals surface area contributed by atoms with Crippen LogP contribution in [-0.2, 0) is 33.6 Å². The number of esters is 1. The van der Waals surface area contributed by atoms with Crippen LogP contribution in [0, 0.1) is 23.7 Å². The van der Waals surface area contributed by atoms with Gasteiger partial charge in [-0.25, -0.2) is 9.78 Å². The molecule has 1 aromatic carbocycles. The Bertz CT molecular complexity index is 941. The van der Waals surface area contributed by atoms with E-state index < -0.39 is 29.9 Å². The van der Waals surface area contributed by atoms with Crippen LogP contribution >= 0.6 is 0 Å². The van der Waals surface area contributed by atoms with Crippen molar-refractivity contribution in [1.82, 2.24) is 5.32 Å². The maximum atomic E-state index is 12.7. The van der Waals surface area contributed by atoms with Gasteiger partial charge in [0.1, 0.15) is 0 Å². The lowest BCUT2D eigenvalue weighted by Crippen LogP contribution is -2.70. The van der Waals surface area contributed by atoms with Crippen molar-refractivity contribution in [1.29, 1.82) is 0 Å². The van der Waals surface area contributed by atoms with Gasteiger partial charge in [0.25, 0.3) is 0 Å². The molecule has 0 unspecified atom stereocenters. The second kappa shape index (κ2) is 9.47. The molecule has 1 aromatic rings. The first-order valence-corrected chi connectivity index (χ1v) is 13.0. The minimum atomic E-state index is -0.875. The quantitative estimate of drug-likeness (QED) is 0.470. The summed E-state index contributed by atoms with van der Waals surface area (Å²) in [4.78, 5) is 37.1. The van der Waals surface area contributed by atoms with Gasteiger partial charge in [-0.15, -0.1) is 0 Å². The third-order valence-electron chi connectivity index (χ3n) is 8.58. The van der Waals surface area contributed by atoms with E-state index in [1.54, 1.807) is 0 Å². The number of fused-ring (bicyclic) bond motifs is 2. The van der Waals surface area contributed by atoms with Crippen LogP contribution in [0.3, 0.4) is 0 Å². The summed E-state index contributed by atoms with van der Waals surface area (Å²) in [5.74, 6) is -0.812. The average molecular weight is 488 g/mol. The van der Waals surface area contributed by atoms with Crippen molar-refractivity contribution in [2.24, 2.45) is 23.7 Å². The molecule has 35 heavy (non-hydrogen) atoms. The van der Waals surface area contributed by atoms with Crippen molar-refractivity contribution in [3.8, 4) is 0 Å². The standard InChI is InChI=1S/C27H37NO7/c1-16-10-11-21-17(2)24(32-25-27(21)20(16)14-15-26(4,33-25)34-35-27)31-23(30)13-12-22(29)28-18(3)19-8-6-5-7-9-19/h5-9,16-18,20-21,24-25H,10-15H2,1-4H3,(H,28,29)/t16-,17-,18+,20-,21-,24+,25-,26-,27-/m1/s1. The molecule has 8 heteroatoms. The third-order valence-corrected chi connectivity index (χ3v) is 8.58. The Kier molecular flexibility index (Phi) is 6.68. The summed E-state index contributed by atoms with van der Waals surface area (Å²) in [7, 11) is 0. The SMILES string of the molecule is C[C@H]1[C@@H](OC(=O)CCC(=O)N[C@@H](C)c2ccccc2)O[C@@H]2O[C@@]3(C)CC[C@@H]4[C@H](C)CC[C@H]1[C@@]24OO3. The van der Waals surface area contributed by atoms with Gasteiger partial charge in [-0.2, -0.15) is 0 Å². The van der Waals surface area contributed by atoms with Crippen molar-refractivity contribution in [3.05, 3.63) is 35.9 Å². The largest absolute Gasteiger partial charge is 0.435 e. The number of rotatable bonds is 6. The van der Waals surface area contributed by atoms with E-state index in [0.29, 0.717) is 5.92 Å². The Hall–Kier alpha value is -2.00. The molecule has 0 aromatic heterocycles. The van der Waals surface area contributed by atoms with Crippen molar-refractivity contribution < 1.29 is 33.6 Å². The Morgan fingerprint density at radius 1 is 1.09 bits per heavy atom. The number of hydrogen-bond donors (Lipinski definition) is 1. The molecule has 5 aliphatic rings. The first-order chi connectivity index (χ1) is 16.7. The highest BCUT2D eigenvalue weighted by Gasteiger charge is 2.69. The van der Waals surface area contributed by atoms with Gasteiger partial charge in [0.15, 0.2) is 11.9 Å². The van der Waals surface area contributed by atoms with E-state index in [2.05, 4.69) is 12.2 Å². The molecule has 4 saturated heterocycles. The zero-order chi connectivity index (χ0) is 24.8. The number of nitrogens with one attached hydrogen (secondary N) is 1. The van der Waals surface area contributed by atoms with Crippen molar-refractivity contribution in [2.75, 3.05) is 0 Å². The number of benzene rings is 1. The molecule has 1 amide bonds. The van der Waals surface area contributed by atoms with Crippen LogP contribution in [0.2, 0.25) is 0 Å². The molecule has 192 valence electrons. The monoisotopic (exact) mass is 487 g/mol. The molecule has 0 radical (unpaired) electrons. The minimum Gasteiger partial charge on any atom is -0.435 e. The summed E-state index contributed by atoms with van der Waals surface area (Å²) in [6, 6.07) is 9.58. The highest BCUT2D eigenvalue weighted by Crippen LogP contribution is 2.60. The molecule has 8 nitrogen and oxygen atoms in total. The molecule has 5 fully saturated rings. The average Bonchev–Trinajstić information content (AvgIpc) is 3.07. The zero-order valence-corrected chi connectivity index (χ0v) is 21.0. The topological polar surface area (TPSA) is 92.3 Å². The number of ether oxygens (including phenoxy) is 3. The molecule has 6 rings (SSSR count). The van der Waals surface area contributed by atoms with Crippen LogP contribution in [0.5, 0.6) is 0 Å². The summed E-state index contributed by atoms with van der Waals surface area (Å²) in [5.41, 5.74) is 0.322. The first kappa shape index (κ1) is 24.7. The fourth-order valence-corrected chi connectivity index (χ4v) is 6.55. The fourth-order valence-electron chi connectivity index (χ4n) is 6.55. The van der Waals surface area contributed by atoms with E-state index in [1.165, 1.54) is 0 Å². The van der Waals surface area contributed by atoms with Crippen LogP contribution in [-0.4, -0.2) is 35.8 Å². The molecule has 1 spiro atoms. The molecule has 9 atom stereocenters. The van der Waals surface area contributed by atoms with Crippen LogP contribution in [0.1, 0.15) is 77.8 Å². The van der Waals surface area contributed by atoms with E-state index >= 15 is 0 Å². The molecule has 2 bridgehead atoms. The van der Waals surface area contributed by atoms with Gasteiger partial charge in [-0.05, 0) is 50.5 Å². The minimum absolute atomic E-state index is 0.0156. The molecular weight excluding hydrogens is 450 g/mol. The van der Waals surface area contributed by atoms with E-state index in [-0.39, 0.29) is 42.5 Å². The van der Waals surface area contributed by atoms with Gasteiger partial charge in [-0.1, -0.05) is 44.2 Å². The smallest absolute Gasteiger partial charge is 0.308 e. The highest BCUT2D eigenvalue weighted by molar-refractivity contribution is 5.81. The second-order valence-electron chi connectivity index (χ2n) is 11.0. The van der Waals surface area contributed by atoms with E-state index in [9.17, 15) is 9.59 Å². The lowest BCUT2D eigenvalue weighted by Gasteiger charge is -2.59. The Labute approximate surface area is 206 Å². The van der Waals surface area contributed by atoms with Gasteiger partial charge < -0.3 is 19.5 Å². The summed E-state index contributed by atoms with van der Waals surface area (Å²) in [6.45, 7) is 8.09. The molecule has 1 N–H and O–H groups in total. The predicted octanol–water partition coefficient (Wildman–Crippen LogP) is 4.40. The number of carbonyl (C=O) groups excluding carboxylic acids is 2. The zero-order valence-electron chi connectivity index (χ0n) is 21.0. The first-order valence-electron chi connectivity index (χ1n) is 13.0. The van der Waals surface area contributed by atoms with Gasteiger partial charge >= 0.3 is 5.97 Å². The highest BCUT2D eigenvalue weighted by atomic mass is 17.3.